The second kappa shape index (κ2) is 4.21. The Balaban J connectivity index is 3.02. The Kier molecular flexibility index (Phi) is 3.38. The second-order valence-corrected chi connectivity index (χ2v) is 3.68. The minimum absolute atomic E-state index is 0.117. The third-order valence-electron chi connectivity index (χ3n) is 1.74. The van der Waals surface area contributed by atoms with Gasteiger partial charge in [-0.05, 0) is 15.9 Å². The predicted octanol–water partition coefficient (Wildman–Crippen LogP) is 2.29. The summed E-state index contributed by atoms with van der Waals surface area (Å²) in [4.78, 5) is 10.3. The maximum atomic E-state index is 12.5. The third kappa shape index (κ3) is 2.95. The Bertz CT molecular complexity index is 363. The van der Waals surface area contributed by atoms with Crippen molar-refractivity contribution in [2.75, 3.05) is 0 Å². The number of aromatic amines is 1. The minimum atomic E-state index is -4.62. The fraction of sp³-hybridized carbons (Fsp3) is 0.429. The smallest absolute Gasteiger partial charge is 0.397 e. The molecule has 1 atom stereocenters. The standard InChI is InChI=1S/C7H6BrF3N2O2/c8-4-2-12-13-6(4)3(1-5(14)15)7(9,10)11/h2-3H,1H2,(H,12,13)(H,14,15). The summed E-state index contributed by atoms with van der Waals surface area (Å²) in [5.41, 5.74) is -0.273. The number of alkyl halides is 3. The summed E-state index contributed by atoms with van der Waals surface area (Å²) in [7, 11) is 0. The summed E-state index contributed by atoms with van der Waals surface area (Å²) >= 11 is 2.86. The normalized spacial score (nSPS) is 13.9. The first-order valence-electron chi connectivity index (χ1n) is 3.79. The average molecular weight is 287 g/mol. The topological polar surface area (TPSA) is 66.0 Å². The van der Waals surface area contributed by atoms with Crippen LogP contribution in [0.5, 0.6) is 0 Å². The van der Waals surface area contributed by atoms with Crippen molar-refractivity contribution >= 4 is 21.9 Å². The van der Waals surface area contributed by atoms with E-state index in [9.17, 15) is 18.0 Å². The third-order valence-corrected chi connectivity index (χ3v) is 2.37. The molecule has 1 aromatic rings. The first kappa shape index (κ1) is 12.0. The molecule has 2 N–H and O–H groups in total. The van der Waals surface area contributed by atoms with Crippen molar-refractivity contribution in [3.05, 3.63) is 16.4 Å². The van der Waals surface area contributed by atoms with Crippen LogP contribution in [-0.2, 0) is 4.79 Å². The first-order valence-corrected chi connectivity index (χ1v) is 4.59. The van der Waals surface area contributed by atoms with Crippen molar-refractivity contribution in [2.45, 2.75) is 18.5 Å². The van der Waals surface area contributed by atoms with Crippen LogP contribution in [0.1, 0.15) is 18.0 Å². The molecule has 1 heterocycles. The number of nitrogens with one attached hydrogen (secondary N) is 1. The molecular weight excluding hydrogens is 281 g/mol. The van der Waals surface area contributed by atoms with Crippen molar-refractivity contribution in [1.82, 2.24) is 10.2 Å². The number of hydrogen-bond donors (Lipinski definition) is 2. The van der Waals surface area contributed by atoms with E-state index >= 15 is 0 Å². The first-order chi connectivity index (χ1) is 6.82. The van der Waals surface area contributed by atoms with Crippen LogP contribution in [0.25, 0.3) is 0 Å². The molecule has 0 spiro atoms. The molecule has 1 rings (SSSR count). The monoisotopic (exact) mass is 286 g/mol. The molecular formula is C7H6BrF3N2O2. The SMILES string of the molecule is O=C(O)CC(c1[nH]ncc1Br)C(F)(F)F. The van der Waals surface area contributed by atoms with E-state index in [4.69, 9.17) is 5.11 Å². The molecule has 1 aromatic heterocycles. The van der Waals surface area contributed by atoms with Crippen molar-refractivity contribution in [1.29, 1.82) is 0 Å². The van der Waals surface area contributed by atoms with Gasteiger partial charge in [0.1, 0.15) is 5.92 Å². The van der Waals surface area contributed by atoms with Crippen LogP contribution in [0.2, 0.25) is 0 Å². The highest BCUT2D eigenvalue weighted by Crippen LogP contribution is 2.39. The second-order valence-electron chi connectivity index (χ2n) is 2.82. The lowest BCUT2D eigenvalue weighted by atomic mass is 10.0. The highest BCUT2D eigenvalue weighted by atomic mass is 79.9. The Morgan fingerprint density at radius 1 is 1.67 bits per heavy atom. The van der Waals surface area contributed by atoms with Crippen LogP contribution in [0.4, 0.5) is 13.2 Å². The molecule has 1 unspecified atom stereocenters. The number of aromatic nitrogens is 2. The molecule has 0 radical (unpaired) electrons. The number of rotatable bonds is 3. The van der Waals surface area contributed by atoms with Crippen LogP contribution in [0.3, 0.4) is 0 Å². The van der Waals surface area contributed by atoms with Crippen LogP contribution >= 0.6 is 15.9 Å². The molecule has 0 saturated carbocycles. The molecule has 0 aliphatic rings. The predicted molar refractivity (Wildman–Crippen MR) is 47.3 cm³/mol. The maximum absolute atomic E-state index is 12.5. The number of aliphatic carboxylic acids is 1. The molecule has 0 bridgehead atoms. The van der Waals surface area contributed by atoms with E-state index < -0.39 is 24.5 Å². The molecule has 0 amide bonds. The molecule has 0 fully saturated rings. The summed E-state index contributed by atoms with van der Waals surface area (Å²) in [5, 5.41) is 13.9. The molecule has 0 aromatic carbocycles. The number of carbonyl (C=O) groups is 1. The zero-order valence-corrected chi connectivity index (χ0v) is 8.76. The molecule has 0 aliphatic heterocycles. The van der Waals surface area contributed by atoms with Gasteiger partial charge < -0.3 is 5.11 Å². The van der Waals surface area contributed by atoms with E-state index in [1.54, 1.807) is 0 Å². The average Bonchev–Trinajstić information content (AvgIpc) is 2.45. The number of carboxylic acid groups (broad SMARTS) is 1. The largest absolute Gasteiger partial charge is 0.481 e. The van der Waals surface area contributed by atoms with Gasteiger partial charge in [0.25, 0.3) is 0 Å². The number of H-pyrrole nitrogens is 1. The lowest BCUT2D eigenvalue weighted by Gasteiger charge is -2.17. The summed E-state index contributed by atoms with van der Waals surface area (Å²) in [6.45, 7) is 0. The van der Waals surface area contributed by atoms with E-state index in [2.05, 4.69) is 26.1 Å². The molecule has 4 nitrogen and oxygen atoms in total. The number of hydrogen-bond acceptors (Lipinski definition) is 2. The molecule has 84 valence electrons. The zero-order chi connectivity index (χ0) is 11.6. The summed E-state index contributed by atoms with van der Waals surface area (Å²) in [6, 6.07) is 0. The van der Waals surface area contributed by atoms with Gasteiger partial charge in [0, 0.05) is 0 Å². The van der Waals surface area contributed by atoms with Crippen molar-refractivity contribution in [3.63, 3.8) is 0 Å². The fourth-order valence-corrected chi connectivity index (χ4v) is 1.55. The van der Waals surface area contributed by atoms with Gasteiger partial charge in [0.15, 0.2) is 0 Å². The van der Waals surface area contributed by atoms with Crippen molar-refractivity contribution in [2.24, 2.45) is 0 Å². The lowest BCUT2D eigenvalue weighted by Crippen LogP contribution is -2.24. The summed E-state index contributed by atoms with van der Waals surface area (Å²) in [6.07, 6.45) is -4.49. The zero-order valence-electron chi connectivity index (χ0n) is 7.18. The van der Waals surface area contributed by atoms with Gasteiger partial charge in [-0.25, -0.2) is 0 Å². The van der Waals surface area contributed by atoms with Gasteiger partial charge in [-0.15, -0.1) is 0 Å². The Morgan fingerprint density at radius 2 is 2.27 bits per heavy atom. The lowest BCUT2D eigenvalue weighted by molar-refractivity contribution is -0.164. The molecule has 0 saturated heterocycles. The highest BCUT2D eigenvalue weighted by molar-refractivity contribution is 9.10. The van der Waals surface area contributed by atoms with Gasteiger partial charge in [0.2, 0.25) is 0 Å². The molecule has 8 heteroatoms. The van der Waals surface area contributed by atoms with Gasteiger partial charge in [-0.1, -0.05) is 0 Å². The molecule has 0 aliphatic carbocycles. The highest BCUT2D eigenvalue weighted by Gasteiger charge is 2.43. The van der Waals surface area contributed by atoms with Gasteiger partial charge in [-0.2, -0.15) is 18.3 Å². The number of halogens is 4. The van der Waals surface area contributed by atoms with E-state index in [0.717, 1.165) is 6.20 Å². The van der Waals surface area contributed by atoms with Gasteiger partial charge in [-0.3, -0.25) is 9.89 Å². The van der Waals surface area contributed by atoms with Gasteiger partial charge in [0.05, 0.1) is 22.8 Å². The minimum Gasteiger partial charge on any atom is -0.481 e. The Morgan fingerprint density at radius 3 is 2.60 bits per heavy atom. The van der Waals surface area contributed by atoms with E-state index in [0.29, 0.717) is 0 Å². The Hall–Kier alpha value is -1.05. The Labute approximate surface area is 90.6 Å². The quantitative estimate of drug-likeness (QED) is 0.896. The summed E-state index contributed by atoms with van der Waals surface area (Å²) < 4.78 is 37.6. The van der Waals surface area contributed by atoms with Crippen LogP contribution in [0.15, 0.2) is 10.7 Å². The maximum Gasteiger partial charge on any atom is 0.397 e. The van der Waals surface area contributed by atoms with Crippen LogP contribution in [-0.4, -0.2) is 27.4 Å². The van der Waals surface area contributed by atoms with Crippen LogP contribution in [0, 0.1) is 0 Å². The van der Waals surface area contributed by atoms with Crippen molar-refractivity contribution < 1.29 is 23.1 Å². The number of carboxylic acids is 1. The van der Waals surface area contributed by atoms with Gasteiger partial charge >= 0.3 is 12.1 Å². The van der Waals surface area contributed by atoms with Crippen LogP contribution < -0.4 is 0 Å². The van der Waals surface area contributed by atoms with E-state index in [1.807, 2.05) is 0 Å². The number of nitrogens with zero attached hydrogens (tertiary/aromatic N) is 1. The van der Waals surface area contributed by atoms with E-state index in [1.165, 1.54) is 0 Å². The van der Waals surface area contributed by atoms with E-state index in [-0.39, 0.29) is 10.2 Å². The van der Waals surface area contributed by atoms with Crippen molar-refractivity contribution in [3.8, 4) is 0 Å². The summed E-state index contributed by atoms with van der Waals surface area (Å²) in [5.74, 6) is -3.59. The fourth-order valence-electron chi connectivity index (χ4n) is 1.08. The molecule has 15 heavy (non-hydrogen) atoms.